The van der Waals surface area contributed by atoms with Crippen LogP contribution < -0.4 is 10.7 Å². The number of carbonyl (C=O) groups excluding carboxylic acids is 1. The average molecular weight is 358 g/mol. The molecule has 0 aliphatic carbocycles. The molecule has 0 saturated carbocycles. The summed E-state index contributed by atoms with van der Waals surface area (Å²) in [7, 11) is 0. The molecule has 0 saturated heterocycles. The van der Waals surface area contributed by atoms with Crippen molar-refractivity contribution in [3.63, 3.8) is 0 Å². The minimum absolute atomic E-state index is 0.0536. The normalized spacial score (nSPS) is 10.9. The van der Waals surface area contributed by atoms with E-state index >= 15 is 0 Å². The van der Waals surface area contributed by atoms with Crippen LogP contribution in [0.25, 0.3) is 16.7 Å². The molecule has 2 N–H and O–H groups in total. The maximum atomic E-state index is 12.9. The number of nitrogens with zero attached hydrogens (tertiary/aromatic N) is 2. The number of carbonyl (C=O) groups is 1. The third-order valence-electron chi connectivity index (χ3n) is 4.44. The molecule has 4 rings (SSSR count). The highest BCUT2D eigenvalue weighted by Crippen LogP contribution is 2.18. The number of nitrogens with one attached hydrogen (secondary N) is 2. The van der Waals surface area contributed by atoms with Crippen molar-refractivity contribution in [2.45, 2.75) is 13.8 Å². The van der Waals surface area contributed by atoms with Crippen molar-refractivity contribution in [3.8, 4) is 5.69 Å². The molecule has 0 spiro atoms. The lowest BCUT2D eigenvalue weighted by Crippen LogP contribution is -2.22. The highest BCUT2D eigenvalue weighted by Gasteiger charge is 2.19. The van der Waals surface area contributed by atoms with Gasteiger partial charge in [-0.3, -0.25) is 9.59 Å². The van der Waals surface area contributed by atoms with Gasteiger partial charge in [0.2, 0.25) is 5.43 Å². The summed E-state index contributed by atoms with van der Waals surface area (Å²) in [4.78, 5) is 28.6. The first-order valence-corrected chi connectivity index (χ1v) is 8.59. The van der Waals surface area contributed by atoms with Crippen molar-refractivity contribution in [1.29, 1.82) is 0 Å². The van der Waals surface area contributed by atoms with Crippen LogP contribution in [0, 0.1) is 13.8 Å². The van der Waals surface area contributed by atoms with Crippen LogP contribution in [0.3, 0.4) is 0 Å². The quantitative estimate of drug-likeness (QED) is 0.587. The number of hydrogen-bond donors (Lipinski definition) is 2. The summed E-state index contributed by atoms with van der Waals surface area (Å²) in [6.45, 7) is 3.77. The second-order valence-corrected chi connectivity index (χ2v) is 6.41. The van der Waals surface area contributed by atoms with E-state index in [0.29, 0.717) is 22.4 Å². The van der Waals surface area contributed by atoms with Gasteiger partial charge < -0.3 is 10.3 Å². The third-order valence-corrected chi connectivity index (χ3v) is 4.44. The number of aromatic nitrogens is 3. The fourth-order valence-electron chi connectivity index (χ4n) is 3.03. The summed E-state index contributed by atoms with van der Waals surface area (Å²) < 4.78 is 1.68. The standard InChI is InChI=1S/C21H18N4O2/c1-13-8-10-16(11-9-13)25-20-18(14(2)24-25)19(26)17(12-22-20)21(27)23-15-6-4-3-5-7-15/h3-12H,1-2H3,(H,22,26)(H,23,27). The highest BCUT2D eigenvalue weighted by molar-refractivity contribution is 6.05. The molecule has 0 unspecified atom stereocenters. The number of para-hydroxylation sites is 1. The van der Waals surface area contributed by atoms with Crippen LogP contribution >= 0.6 is 0 Å². The first-order valence-electron chi connectivity index (χ1n) is 8.59. The zero-order valence-electron chi connectivity index (χ0n) is 15.0. The Morgan fingerprint density at radius 2 is 1.74 bits per heavy atom. The zero-order valence-corrected chi connectivity index (χ0v) is 15.0. The number of aryl methyl sites for hydroxylation is 2. The number of fused-ring (bicyclic) bond motifs is 1. The Kier molecular flexibility index (Phi) is 4.08. The molecule has 134 valence electrons. The fourth-order valence-corrected chi connectivity index (χ4v) is 3.03. The predicted molar refractivity (Wildman–Crippen MR) is 106 cm³/mol. The molecule has 0 aliphatic rings. The van der Waals surface area contributed by atoms with Gasteiger partial charge in [-0.15, -0.1) is 0 Å². The Labute approximate surface area is 155 Å². The highest BCUT2D eigenvalue weighted by atomic mass is 16.2. The molecule has 2 aromatic carbocycles. The zero-order chi connectivity index (χ0) is 19.0. The van der Waals surface area contributed by atoms with E-state index in [0.717, 1.165) is 11.3 Å². The molecule has 0 atom stereocenters. The topological polar surface area (TPSA) is 79.8 Å². The van der Waals surface area contributed by atoms with Crippen LogP contribution in [0.2, 0.25) is 0 Å². The number of amides is 1. The van der Waals surface area contributed by atoms with Gasteiger partial charge in [0, 0.05) is 11.9 Å². The molecular formula is C21H18N4O2. The van der Waals surface area contributed by atoms with Crippen molar-refractivity contribution < 1.29 is 4.79 Å². The monoisotopic (exact) mass is 358 g/mol. The Morgan fingerprint density at radius 1 is 1.04 bits per heavy atom. The minimum atomic E-state index is -0.452. The van der Waals surface area contributed by atoms with Gasteiger partial charge in [-0.2, -0.15) is 5.10 Å². The molecule has 0 bridgehead atoms. The van der Waals surface area contributed by atoms with E-state index < -0.39 is 5.91 Å². The van der Waals surface area contributed by atoms with Crippen LogP contribution in [-0.2, 0) is 0 Å². The van der Waals surface area contributed by atoms with Gasteiger partial charge in [0.15, 0.2) is 0 Å². The predicted octanol–water partition coefficient (Wildman–Crippen LogP) is 3.58. The van der Waals surface area contributed by atoms with E-state index in [4.69, 9.17) is 0 Å². The van der Waals surface area contributed by atoms with Crippen LogP contribution in [0.4, 0.5) is 5.69 Å². The second-order valence-electron chi connectivity index (χ2n) is 6.41. The van der Waals surface area contributed by atoms with Gasteiger partial charge in [0.05, 0.1) is 16.8 Å². The molecule has 0 fully saturated rings. The van der Waals surface area contributed by atoms with Crippen LogP contribution in [0.1, 0.15) is 21.6 Å². The Morgan fingerprint density at radius 3 is 2.44 bits per heavy atom. The van der Waals surface area contributed by atoms with Gasteiger partial charge in [-0.05, 0) is 38.1 Å². The lowest BCUT2D eigenvalue weighted by Gasteiger charge is -2.06. The largest absolute Gasteiger partial charge is 0.345 e. The van der Waals surface area contributed by atoms with E-state index in [2.05, 4.69) is 15.4 Å². The first kappa shape index (κ1) is 16.8. The van der Waals surface area contributed by atoms with Crippen LogP contribution in [0.15, 0.2) is 65.6 Å². The van der Waals surface area contributed by atoms with Crippen molar-refractivity contribution in [2.75, 3.05) is 5.32 Å². The first-order chi connectivity index (χ1) is 13.0. The molecule has 2 aromatic heterocycles. The number of H-pyrrole nitrogens is 1. The van der Waals surface area contributed by atoms with Crippen LogP contribution in [-0.4, -0.2) is 20.7 Å². The fraction of sp³-hybridized carbons (Fsp3) is 0.0952. The van der Waals surface area contributed by atoms with E-state index in [1.54, 1.807) is 23.7 Å². The number of rotatable bonds is 3. The summed E-state index contributed by atoms with van der Waals surface area (Å²) in [6.07, 6.45) is 1.44. The minimum Gasteiger partial charge on any atom is -0.345 e. The summed E-state index contributed by atoms with van der Waals surface area (Å²) in [5.41, 5.74) is 3.47. The van der Waals surface area contributed by atoms with E-state index in [1.165, 1.54) is 6.20 Å². The van der Waals surface area contributed by atoms with Gasteiger partial charge in [0.25, 0.3) is 5.91 Å². The lowest BCUT2D eigenvalue weighted by atomic mass is 10.1. The summed E-state index contributed by atoms with van der Waals surface area (Å²) >= 11 is 0. The molecule has 4 aromatic rings. The van der Waals surface area contributed by atoms with Crippen molar-refractivity contribution in [3.05, 3.63) is 87.8 Å². The van der Waals surface area contributed by atoms with E-state index in [-0.39, 0.29) is 11.0 Å². The van der Waals surface area contributed by atoms with Crippen LogP contribution in [0.5, 0.6) is 0 Å². The Hall–Kier alpha value is -3.67. The second kappa shape index (κ2) is 6.57. The third kappa shape index (κ3) is 3.01. The molecule has 1 amide bonds. The van der Waals surface area contributed by atoms with Gasteiger partial charge in [-0.25, -0.2) is 4.68 Å². The van der Waals surface area contributed by atoms with Gasteiger partial charge in [-0.1, -0.05) is 35.9 Å². The maximum absolute atomic E-state index is 12.9. The molecule has 6 nitrogen and oxygen atoms in total. The number of hydrogen-bond acceptors (Lipinski definition) is 3. The number of benzene rings is 2. The Bertz CT molecular complexity index is 1190. The van der Waals surface area contributed by atoms with Gasteiger partial charge in [0.1, 0.15) is 11.2 Å². The van der Waals surface area contributed by atoms with Crippen molar-refractivity contribution >= 4 is 22.6 Å². The molecule has 27 heavy (non-hydrogen) atoms. The molecule has 2 heterocycles. The lowest BCUT2D eigenvalue weighted by molar-refractivity contribution is 0.102. The molecule has 0 aliphatic heterocycles. The smallest absolute Gasteiger partial charge is 0.261 e. The number of pyridine rings is 1. The maximum Gasteiger partial charge on any atom is 0.261 e. The Balaban J connectivity index is 1.79. The average Bonchev–Trinajstić information content (AvgIpc) is 3.01. The SMILES string of the molecule is Cc1ccc(-n2nc(C)c3c(=O)c(C(=O)Nc4ccccc4)c[nH]c32)cc1. The van der Waals surface area contributed by atoms with E-state index in [9.17, 15) is 9.59 Å². The van der Waals surface area contributed by atoms with Crippen molar-refractivity contribution in [2.24, 2.45) is 0 Å². The number of anilines is 1. The van der Waals surface area contributed by atoms with E-state index in [1.807, 2.05) is 49.4 Å². The molecule has 6 heteroatoms. The van der Waals surface area contributed by atoms with Gasteiger partial charge >= 0.3 is 0 Å². The number of aromatic amines is 1. The van der Waals surface area contributed by atoms with Crippen molar-refractivity contribution in [1.82, 2.24) is 14.8 Å². The molecule has 0 radical (unpaired) electrons. The summed E-state index contributed by atoms with van der Waals surface area (Å²) in [5.74, 6) is -0.452. The summed E-state index contributed by atoms with van der Waals surface area (Å²) in [6, 6.07) is 16.9. The summed E-state index contributed by atoms with van der Waals surface area (Å²) in [5, 5.41) is 7.64. The molecular weight excluding hydrogens is 340 g/mol.